The molecule has 0 aliphatic rings. The van der Waals surface area contributed by atoms with E-state index in [1.165, 1.54) is 25.1 Å². The van der Waals surface area contributed by atoms with Gasteiger partial charge >= 0.3 is 5.97 Å². The summed E-state index contributed by atoms with van der Waals surface area (Å²) < 4.78 is 17.7. The molecule has 19 heavy (non-hydrogen) atoms. The van der Waals surface area contributed by atoms with Gasteiger partial charge in [-0.1, -0.05) is 17.7 Å². The van der Waals surface area contributed by atoms with Gasteiger partial charge in [0.05, 0.1) is 10.7 Å². The fourth-order valence-electron chi connectivity index (χ4n) is 1.23. The number of rotatable bonds is 4. The maximum atomic E-state index is 12.8. The number of carbonyl (C=O) groups is 2. The number of ether oxygens (including phenoxy) is 1. The third-order valence-electron chi connectivity index (χ3n) is 2.15. The maximum Gasteiger partial charge on any atom is 0.331 e. The summed E-state index contributed by atoms with van der Waals surface area (Å²) in [5.74, 6) is -1.67. The number of hydrogen-bond donors (Lipinski definition) is 1. The zero-order valence-corrected chi connectivity index (χ0v) is 11.2. The third kappa shape index (κ3) is 4.71. The molecule has 1 amide bonds. The van der Waals surface area contributed by atoms with Gasteiger partial charge in [0.15, 0.2) is 6.10 Å². The fourth-order valence-corrected chi connectivity index (χ4v) is 1.44. The Hall–Kier alpha value is -1.88. The zero-order chi connectivity index (χ0) is 14.4. The van der Waals surface area contributed by atoms with Gasteiger partial charge in [-0.15, -0.1) is 0 Å². The molecule has 1 atom stereocenters. The van der Waals surface area contributed by atoms with Crippen molar-refractivity contribution < 1.29 is 18.7 Å². The summed E-state index contributed by atoms with van der Waals surface area (Å²) in [6.45, 7) is 3.08. The van der Waals surface area contributed by atoms with Gasteiger partial charge in [-0.2, -0.15) is 0 Å². The second kappa shape index (κ2) is 6.89. The number of nitrogens with one attached hydrogen (secondary N) is 1. The number of halogens is 2. The lowest BCUT2D eigenvalue weighted by molar-refractivity contribution is -0.148. The molecule has 0 aromatic heterocycles. The maximum absolute atomic E-state index is 12.8. The van der Waals surface area contributed by atoms with E-state index in [-0.39, 0.29) is 10.7 Å². The highest BCUT2D eigenvalue weighted by molar-refractivity contribution is 6.33. The average molecular weight is 286 g/mol. The average Bonchev–Trinajstić information content (AvgIpc) is 2.32. The van der Waals surface area contributed by atoms with E-state index in [2.05, 4.69) is 5.32 Å². The molecule has 4 nitrogen and oxygen atoms in total. The van der Waals surface area contributed by atoms with Gasteiger partial charge in [0, 0.05) is 6.08 Å². The Kier molecular flexibility index (Phi) is 5.51. The molecular weight excluding hydrogens is 273 g/mol. The molecule has 0 radical (unpaired) electrons. The molecule has 1 rings (SSSR count). The van der Waals surface area contributed by atoms with Crippen molar-refractivity contribution in [2.45, 2.75) is 20.0 Å². The standard InChI is InChI=1S/C13H13ClFNO3/c1-3-4-12(17)19-8(2)13(18)16-11-6-5-9(15)7-10(11)14/h3-8H,1-2H3,(H,16,18)/b4-3+/t8-/m0/s1. The first-order chi connectivity index (χ1) is 8.93. The highest BCUT2D eigenvalue weighted by Gasteiger charge is 2.17. The summed E-state index contributed by atoms with van der Waals surface area (Å²) in [4.78, 5) is 22.9. The number of esters is 1. The van der Waals surface area contributed by atoms with Gasteiger partial charge in [-0.3, -0.25) is 4.79 Å². The van der Waals surface area contributed by atoms with E-state index in [0.29, 0.717) is 0 Å². The van der Waals surface area contributed by atoms with E-state index in [9.17, 15) is 14.0 Å². The first-order valence-corrected chi connectivity index (χ1v) is 5.91. The minimum absolute atomic E-state index is 0.0698. The largest absolute Gasteiger partial charge is 0.449 e. The second-order valence-corrected chi connectivity index (χ2v) is 4.10. The molecule has 0 aliphatic heterocycles. The van der Waals surface area contributed by atoms with Crippen LogP contribution in [0.15, 0.2) is 30.4 Å². The zero-order valence-electron chi connectivity index (χ0n) is 10.4. The molecule has 6 heteroatoms. The van der Waals surface area contributed by atoms with Gasteiger partial charge in [0.25, 0.3) is 5.91 Å². The number of carbonyl (C=O) groups excluding carboxylic acids is 2. The van der Waals surface area contributed by atoms with Crippen molar-refractivity contribution in [3.63, 3.8) is 0 Å². The van der Waals surface area contributed by atoms with Crippen LogP contribution in [0, 0.1) is 5.82 Å². The van der Waals surface area contributed by atoms with Gasteiger partial charge in [-0.05, 0) is 32.0 Å². The molecule has 1 N–H and O–H groups in total. The van der Waals surface area contributed by atoms with E-state index < -0.39 is 23.8 Å². The van der Waals surface area contributed by atoms with Crippen molar-refractivity contribution in [1.82, 2.24) is 0 Å². The summed E-state index contributed by atoms with van der Waals surface area (Å²) in [5.41, 5.74) is 0.252. The molecular formula is C13H13ClFNO3. The number of anilines is 1. The Morgan fingerprint density at radius 2 is 2.16 bits per heavy atom. The monoisotopic (exact) mass is 285 g/mol. The molecule has 0 saturated carbocycles. The van der Waals surface area contributed by atoms with Crippen molar-refractivity contribution in [3.8, 4) is 0 Å². The molecule has 0 bridgehead atoms. The van der Waals surface area contributed by atoms with Crippen molar-refractivity contribution in [2.75, 3.05) is 5.32 Å². The van der Waals surface area contributed by atoms with Crippen LogP contribution in [0.1, 0.15) is 13.8 Å². The van der Waals surface area contributed by atoms with Crippen LogP contribution in [0.5, 0.6) is 0 Å². The Balaban J connectivity index is 2.66. The van der Waals surface area contributed by atoms with Crippen LogP contribution in [0.2, 0.25) is 5.02 Å². The summed E-state index contributed by atoms with van der Waals surface area (Å²) in [6.07, 6.45) is 1.73. The first kappa shape index (κ1) is 15.2. The van der Waals surface area contributed by atoms with E-state index in [4.69, 9.17) is 16.3 Å². The Morgan fingerprint density at radius 1 is 1.47 bits per heavy atom. The van der Waals surface area contributed by atoms with Crippen molar-refractivity contribution in [3.05, 3.63) is 41.2 Å². The minimum Gasteiger partial charge on any atom is -0.449 e. The Labute approximate surface area is 115 Å². The summed E-state index contributed by atoms with van der Waals surface area (Å²) >= 11 is 5.76. The van der Waals surface area contributed by atoms with E-state index in [0.717, 1.165) is 12.1 Å². The van der Waals surface area contributed by atoms with Crippen molar-refractivity contribution in [1.29, 1.82) is 0 Å². The number of hydrogen-bond acceptors (Lipinski definition) is 3. The SMILES string of the molecule is C/C=C/C(=O)O[C@@H](C)C(=O)Nc1ccc(F)cc1Cl. The van der Waals surface area contributed by atoms with Crippen LogP contribution in [0.4, 0.5) is 10.1 Å². The van der Waals surface area contributed by atoms with E-state index in [1.807, 2.05) is 0 Å². The van der Waals surface area contributed by atoms with Crippen molar-refractivity contribution in [2.24, 2.45) is 0 Å². The van der Waals surface area contributed by atoms with Crippen LogP contribution in [0.25, 0.3) is 0 Å². The lowest BCUT2D eigenvalue weighted by Crippen LogP contribution is -2.29. The van der Waals surface area contributed by atoms with E-state index >= 15 is 0 Å². The summed E-state index contributed by atoms with van der Waals surface area (Å²) in [5, 5.41) is 2.52. The van der Waals surface area contributed by atoms with Crippen LogP contribution in [0.3, 0.4) is 0 Å². The molecule has 102 valence electrons. The molecule has 0 aliphatic carbocycles. The highest BCUT2D eigenvalue weighted by Crippen LogP contribution is 2.22. The number of benzene rings is 1. The molecule has 0 fully saturated rings. The molecule has 0 unspecified atom stereocenters. The molecule has 0 saturated heterocycles. The topological polar surface area (TPSA) is 55.4 Å². The van der Waals surface area contributed by atoms with Crippen LogP contribution >= 0.6 is 11.6 Å². The molecule has 0 spiro atoms. The predicted octanol–water partition coefficient (Wildman–Crippen LogP) is 2.93. The number of amides is 1. The van der Waals surface area contributed by atoms with Gasteiger partial charge < -0.3 is 10.1 Å². The smallest absolute Gasteiger partial charge is 0.331 e. The molecule has 1 aromatic carbocycles. The van der Waals surface area contributed by atoms with Crippen LogP contribution in [-0.4, -0.2) is 18.0 Å². The minimum atomic E-state index is -0.982. The Bertz CT molecular complexity index is 517. The normalized spacial score (nSPS) is 12.2. The van der Waals surface area contributed by atoms with Crippen LogP contribution < -0.4 is 5.32 Å². The molecule has 1 aromatic rings. The lowest BCUT2D eigenvalue weighted by Gasteiger charge is -2.13. The summed E-state index contributed by atoms with van der Waals surface area (Å²) in [7, 11) is 0. The first-order valence-electron chi connectivity index (χ1n) is 5.53. The third-order valence-corrected chi connectivity index (χ3v) is 2.47. The van der Waals surface area contributed by atoms with Crippen LogP contribution in [-0.2, 0) is 14.3 Å². The highest BCUT2D eigenvalue weighted by atomic mass is 35.5. The van der Waals surface area contributed by atoms with Crippen molar-refractivity contribution >= 4 is 29.2 Å². The molecule has 0 heterocycles. The number of allylic oxidation sites excluding steroid dienone is 1. The quantitative estimate of drug-likeness (QED) is 0.683. The van der Waals surface area contributed by atoms with E-state index in [1.54, 1.807) is 6.92 Å². The Morgan fingerprint density at radius 3 is 2.74 bits per heavy atom. The predicted molar refractivity (Wildman–Crippen MR) is 70.4 cm³/mol. The van der Waals surface area contributed by atoms with Gasteiger partial charge in [0.2, 0.25) is 0 Å². The summed E-state index contributed by atoms with van der Waals surface area (Å²) in [6, 6.07) is 3.57. The lowest BCUT2D eigenvalue weighted by atomic mass is 10.3. The van der Waals surface area contributed by atoms with Gasteiger partial charge in [0.1, 0.15) is 5.82 Å². The fraction of sp³-hybridized carbons (Fsp3) is 0.231. The second-order valence-electron chi connectivity index (χ2n) is 3.69. The van der Waals surface area contributed by atoms with Gasteiger partial charge in [-0.25, -0.2) is 9.18 Å².